The fourth-order valence-corrected chi connectivity index (χ4v) is 2.90. The van der Waals surface area contributed by atoms with Crippen molar-refractivity contribution in [3.05, 3.63) is 70.7 Å². The Balaban J connectivity index is 1.93. The van der Waals surface area contributed by atoms with Gasteiger partial charge in [0.25, 0.3) is 0 Å². The van der Waals surface area contributed by atoms with Crippen molar-refractivity contribution in [1.82, 2.24) is 4.72 Å². The normalized spacial score (nSPS) is 10.7. The molecule has 2 aromatic carbocycles. The highest BCUT2D eigenvalue weighted by atomic mass is 35.5. The van der Waals surface area contributed by atoms with E-state index in [2.05, 4.69) is 16.6 Å². The summed E-state index contributed by atoms with van der Waals surface area (Å²) in [5, 5.41) is 0.553. The van der Waals surface area contributed by atoms with E-state index in [1.54, 1.807) is 24.3 Å². The van der Waals surface area contributed by atoms with Gasteiger partial charge >= 0.3 is 0 Å². The summed E-state index contributed by atoms with van der Waals surface area (Å²) >= 11 is 5.96. The van der Waals surface area contributed by atoms with Crippen molar-refractivity contribution < 1.29 is 8.42 Å². The lowest BCUT2D eigenvalue weighted by atomic mass is 10.2. The predicted octanol–water partition coefficient (Wildman–Crippen LogP) is 2.81. The van der Waals surface area contributed by atoms with Crippen LogP contribution in [-0.2, 0) is 15.8 Å². The van der Waals surface area contributed by atoms with E-state index < -0.39 is 10.0 Å². The lowest BCUT2D eigenvalue weighted by molar-refractivity contribution is 0.585. The molecule has 0 heterocycles. The van der Waals surface area contributed by atoms with Gasteiger partial charge in [0, 0.05) is 5.56 Å². The van der Waals surface area contributed by atoms with Crippen molar-refractivity contribution in [2.24, 2.45) is 0 Å². The Hall–Kier alpha value is -1.80. The van der Waals surface area contributed by atoms with Crippen LogP contribution < -0.4 is 4.72 Å². The molecule has 0 amide bonds. The Morgan fingerprint density at radius 2 is 1.67 bits per heavy atom. The molecule has 108 valence electrons. The van der Waals surface area contributed by atoms with Crippen LogP contribution in [-0.4, -0.2) is 15.0 Å². The van der Waals surface area contributed by atoms with Gasteiger partial charge in [-0.1, -0.05) is 65.9 Å². The lowest BCUT2D eigenvalue weighted by Gasteiger charge is -2.03. The summed E-state index contributed by atoms with van der Waals surface area (Å²) in [4.78, 5) is 0. The molecule has 0 aliphatic carbocycles. The van der Waals surface area contributed by atoms with Crippen molar-refractivity contribution >= 4 is 21.6 Å². The Labute approximate surface area is 130 Å². The molecule has 0 aliphatic heterocycles. The third-order valence-electron chi connectivity index (χ3n) is 2.68. The van der Waals surface area contributed by atoms with Gasteiger partial charge in [0.15, 0.2) is 0 Å². The first-order valence-electron chi connectivity index (χ1n) is 6.31. The Morgan fingerprint density at radius 3 is 2.38 bits per heavy atom. The Morgan fingerprint density at radius 1 is 1.00 bits per heavy atom. The minimum Gasteiger partial charge on any atom is -0.212 e. The molecule has 0 aliphatic rings. The van der Waals surface area contributed by atoms with E-state index in [9.17, 15) is 8.42 Å². The van der Waals surface area contributed by atoms with Gasteiger partial charge < -0.3 is 0 Å². The van der Waals surface area contributed by atoms with E-state index in [-0.39, 0.29) is 12.3 Å². The molecule has 5 heteroatoms. The van der Waals surface area contributed by atoms with E-state index in [1.807, 2.05) is 30.3 Å². The van der Waals surface area contributed by atoms with Gasteiger partial charge in [0.05, 0.1) is 17.3 Å². The molecular formula is C16H14ClNO2S. The SMILES string of the molecule is O=S(=O)(Cc1ccccc1)NCC#Cc1ccccc1Cl. The molecular weight excluding hydrogens is 306 g/mol. The Kier molecular flexibility index (Phi) is 5.40. The smallest absolute Gasteiger partial charge is 0.212 e. The maximum atomic E-state index is 11.9. The molecule has 0 saturated carbocycles. The summed E-state index contributed by atoms with van der Waals surface area (Å²) in [6, 6.07) is 16.2. The van der Waals surface area contributed by atoms with Crippen molar-refractivity contribution in [3.63, 3.8) is 0 Å². The topological polar surface area (TPSA) is 46.2 Å². The zero-order chi connectivity index (χ0) is 15.1. The standard InChI is InChI=1S/C16H14ClNO2S/c17-16-11-5-4-9-15(16)10-6-12-18-21(19,20)13-14-7-2-1-3-8-14/h1-5,7-9,11,18H,12-13H2. The van der Waals surface area contributed by atoms with E-state index in [0.717, 1.165) is 5.56 Å². The summed E-state index contributed by atoms with van der Waals surface area (Å²) in [7, 11) is -3.38. The van der Waals surface area contributed by atoms with Crippen LogP contribution in [0.25, 0.3) is 0 Å². The number of rotatable bonds is 4. The summed E-state index contributed by atoms with van der Waals surface area (Å²) < 4.78 is 26.2. The molecule has 1 N–H and O–H groups in total. The first-order chi connectivity index (χ1) is 10.1. The van der Waals surface area contributed by atoms with Crippen LogP contribution in [0.1, 0.15) is 11.1 Å². The highest BCUT2D eigenvalue weighted by molar-refractivity contribution is 7.88. The second-order valence-electron chi connectivity index (χ2n) is 4.35. The van der Waals surface area contributed by atoms with Crippen LogP contribution in [0.4, 0.5) is 0 Å². The second kappa shape index (κ2) is 7.28. The monoisotopic (exact) mass is 319 g/mol. The van der Waals surface area contributed by atoms with E-state index in [0.29, 0.717) is 10.6 Å². The van der Waals surface area contributed by atoms with Crippen molar-refractivity contribution in [2.45, 2.75) is 5.75 Å². The molecule has 2 rings (SSSR count). The van der Waals surface area contributed by atoms with Crippen LogP contribution in [0.15, 0.2) is 54.6 Å². The van der Waals surface area contributed by atoms with Crippen LogP contribution >= 0.6 is 11.6 Å². The summed E-state index contributed by atoms with van der Waals surface area (Å²) in [6.07, 6.45) is 0. The summed E-state index contributed by atoms with van der Waals surface area (Å²) in [5.74, 6) is 5.55. The quantitative estimate of drug-likeness (QED) is 0.881. The number of benzene rings is 2. The van der Waals surface area contributed by atoms with E-state index >= 15 is 0 Å². The highest BCUT2D eigenvalue weighted by Crippen LogP contribution is 2.12. The van der Waals surface area contributed by atoms with Crippen LogP contribution in [0.5, 0.6) is 0 Å². The van der Waals surface area contributed by atoms with Gasteiger partial charge in [0.1, 0.15) is 0 Å². The minimum atomic E-state index is -3.38. The number of hydrogen-bond donors (Lipinski definition) is 1. The molecule has 0 unspecified atom stereocenters. The molecule has 0 saturated heterocycles. The molecule has 0 spiro atoms. The average Bonchev–Trinajstić information content (AvgIpc) is 2.46. The van der Waals surface area contributed by atoms with E-state index in [1.165, 1.54) is 0 Å². The molecule has 0 fully saturated rings. The predicted molar refractivity (Wildman–Crippen MR) is 85.4 cm³/mol. The molecule has 2 aromatic rings. The number of halogens is 1. The fourth-order valence-electron chi connectivity index (χ4n) is 1.69. The molecule has 0 aromatic heterocycles. The van der Waals surface area contributed by atoms with Crippen molar-refractivity contribution in [2.75, 3.05) is 6.54 Å². The van der Waals surface area contributed by atoms with Gasteiger partial charge in [-0.3, -0.25) is 0 Å². The third kappa shape index (κ3) is 5.24. The van der Waals surface area contributed by atoms with Gasteiger partial charge in [-0.15, -0.1) is 0 Å². The van der Waals surface area contributed by atoms with Crippen molar-refractivity contribution in [3.8, 4) is 11.8 Å². The summed E-state index contributed by atoms with van der Waals surface area (Å²) in [5.41, 5.74) is 1.42. The van der Waals surface area contributed by atoms with E-state index in [4.69, 9.17) is 11.6 Å². The molecule has 0 bridgehead atoms. The number of hydrogen-bond acceptors (Lipinski definition) is 2. The average molecular weight is 320 g/mol. The molecule has 0 radical (unpaired) electrons. The zero-order valence-corrected chi connectivity index (χ0v) is 12.8. The van der Waals surface area contributed by atoms with Gasteiger partial charge in [-0.2, -0.15) is 0 Å². The van der Waals surface area contributed by atoms with Crippen molar-refractivity contribution in [1.29, 1.82) is 0 Å². The Bertz CT molecular complexity index is 762. The first-order valence-corrected chi connectivity index (χ1v) is 8.34. The largest absolute Gasteiger partial charge is 0.216 e. The lowest BCUT2D eigenvalue weighted by Crippen LogP contribution is -2.25. The molecule has 21 heavy (non-hydrogen) atoms. The van der Waals surface area contributed by atoms with Gasteiger partial charge in [0.2, 0.25) is 10.0 Å². The van der Waals surface area contributed by atoms with Crippen LogP contribution in [0, 0.1) is 11.8 Å². The highest BCUT2D eigenvalue weighted by Gasteiger charge is 2.09. The number of sulfonamides is 1. The minimum absolute atomic E-state index is 0.0540. The molecule has 0 atom stereocenters. The fraction of sp³-hybridized carbons (Fsp3) is 0.125. The second-order valence-corrected chi connectivity index (χ2v) is 6.56. The van der Waals surface area contributed by atoms with Gasteiger partial charge in [-0.05, 0) is 17.7 Å². The molecule has 3 nitrogen and oxygen atoms in total. The third-order valence-corrected chi connectivity index (χ3v) is 4.30. The van der Waals surface area contributed by atoms with Gasteiger partial charge in [-0.25, -0.2) is 13.1 Å². The summed E-state index contributed by atoms with van der Waals surface area (Å²) in [6.45, 7) is 0.0559. The zero-order valence-electron chi connectivity index (χ0n) is 11.2. The number of nitrogens with one attached hydrogen (secondary N) is 1. The van der Waals surface area contributed by atoms with Crippen LogP contribution in [0.3, 0.4) is 0 Å². The maximum Gasteiger partial charge on any atom is 0.216 e. The maximum absolute atomic E-state index is 11.9. The van der Waals surface area contributed by atoms with Crippen LogP contribution in [0.2, 0.25) is 5.02 Å². The first kappa shape index (κ1) is 15.6.